The minimum absolute atomic E-state index is 0.0399. The van der Waals surface area contributed by atoms with E-state index in [9.17, 15) is 14.4 Å². The number of piperidine rings is 1. The Bertz CT molecular complexity index is 2600. The average Bonchev–Trinajstić information content (AvgIpc) is 3.98. The Morgan fingerprint density at radius 2 is 1.90 bits per heavy atom. The first kappa shape index (κ1) is 51.0. The van der Waals surface area contributed by atoms with E-state index in [1.807, 2.05) is 12.3 Å². The first-order valence-electron chi connectivity index (χ1n) is 26.4. The zero-order valence-electron chi connectivity index (χ0n) is 43.2. The lowest BCUT2D eigenvalue weighted by Gasteiger charge is -2.50. The number of thiazole rings is 1. The first-order valence-corrected chi connectivity index (χ1v) is 27.3. The highest BCUT2D eigenvalue weighted by atomic mass is 32.1. The molecule has 72 heavy (non-hydrogen) atoms. The van der Waals surface area contributed by atoms with Gasteiger partial charge in [0.2, 0.25) is 0 Å². The maximum absolute atomic E-state index is 14.9. The molecule has 0 radical (unpaired) electrons. The van der Waals surface area contributed by atoms with Gasteiger partial charge in [-0.1, -0.05) is 19.9 Å². The Balaban J connectivity index is 1.11. The molecule has 5 fully saturated rings. The number of amides is 3. The molecule has 4 aromatic rings. The molecular formula is C54H74N8O9S. The van der Waals surface area contributed by atoms with Gasteiger partial charge in [0, 0.05) is 104 Å². The standard InChI is InChI=1S/C54H74N8O9S/c1-8-69-49-47(57-53(65)61-27-37-28-67-19-14-44(37)61)51(63)62-15-9-10-42(58-62)52(64)71-31-54(5,6)25-41-39-23-35(43-30-72-50(49)56-43)11-12-45(39)60(18-21-70-32(2)3)48(41)40-24-36(26-55-46(40)33(4)66-7)34-13-16-59-17-20-68-29-38(59)22-34/h11-12,23-24,26,30,32-34,37-38,42,44,47,49,58H,8-10,13-22,25,27-29,31H2,1-7H3,(H,57,65)/t33-,34+,37+,38-,42-,44-,47-,49-/m0/s1. The maximum Gasteiger partial charge on any atom is 0.324 e. The van der Waals surface area contributed by atoms with Crippen molar-refractivity contribution in [2.24, 2.45) is 11.3 Å². The number of urea groups is 1. The van der Waals surface area contributed by atoms with Crippen molar-refractivity contribution in [3.8, 4) is 22.5 Å². The van der Waals surface area contributed by atoms with Gasteiger partial charge in [-0.2, -0.15) is 0 Å². The van der Waals surface area contributed by atoms with Crippen molar-refractivity contribution in [1.29, 1.82) is 0 Å². The fraction of sp³-hybridized carbons (Fsp3) is 0.648. The Morgan fingerprint density at radius 1 is 1.06 bits per heavy atom. The van der Waals surface area contributed by atoms with Crippen molar-refractivity contribution >= 4 is 40.1 Å². The van der Waals surface area contributed by atoms with E-state index in [0.717, 1.165) is 90.2 Å². The molecule has 0 aliphatic carbocycles. The lowest BCUT2D eigenvalue weighted by atomic mass is 9.82. The van der Waals surface area contributed by atoms with Gasteiger partial charge in [-0.3, -0.25) is 24.5 Å². The van der Waals surface area contributed by atoms with Crippen molar-refractivity contribution in [3.05, 3.63) is 57.7 Å². The van der Waals surface area contributed by atoms with Crippen LogP contribution >= 0.6 is 11.3 Å². The first-order chi connectivity index (χ1) is 34.8. The number of methoxy groups -OCH3 is 1. The van der Waals surface area contributed by atoms with E-state index in [1.165, 1.54) is 21.9 Å². The summed E-state index contributed by atoms with van der Waals surface area (Å²) in [6.07, 6.45) is 5.27. The number of morpholine rings is 1. The monoisotopic (exact) mass is 1010 g/mol. The third-order valence-electron chi connectivity index (χ3n) is 15.8. The van der Waals surface area contributed by atoms with Crippen LogP contribution in [0.3, 0.4) is 0 Å². The lowest BCUT2D eigenvalue weighted by Crippen LogP contribution is -2.67. The van der Waals surface area contributed by atoms with Crippen LogP contribution in [0.1, 0.15) is 114 Å². The number of carbonyl (C=O) groups excluding carboxylic acids is 3. The van der Waals surface area contributed by atoms with Crippen molar-refractivity contribution in [1.82, 2.24) is 40.1 Å². The highest BCUT2D eigenvalue weighted by molar-refractivity contribution is 7.10. The van der Waals surface area contributed by atoms with Crippen LogP contribution in [0, 0.1) is 11.3 Å². The van der Waals surface area contributed by atoms with Crippen LogP contribution < -0.4 is 10.7 Å². The molecule has 0 unspecified atom stereocenters. The summed E-state index contributed by atoms with van der Waals surface area (Å²) >= 11 is 1.40. The van der Waals surface area contributed by atoms with Gasteiger partial charge in [-0.15, -0.1) is 11.3 Å². The van der Waals surface area contributed by atoms with Gasteiger partial charge in [0.15, 0.2) is 0 Å². The number of rotatable bonds is 11. The largest absolute Gasteiger partial charge is 0.464 e. The van der Waals surface area contributed by atoms with Crippen LogP contribution in [0.2, 0.25) is 0 Å². The van der Waals surface area contributed by atoms with Gasteiger partial charge >= 0.3 is 12.0 Å². The molecule has 2 N–H and O–H groups in total. The van der Waals surface area contributed by atoms with Crippen LogP contribution in [-0.2, 0) is 51.0 Å². The molecule has 17 nitrogen and oxygen atoms in total. The molecule has 8 atom stereocenters. The number of carbonyl (C=O) groups is 3. The third kappa shape index (κ3) is 10.4. The fourth-order valence-corrected chi connectivity index (χ4v) is 12.8. The highest BCUT2D eigenvalue weighted by Crippen LogP contribution is 2.44. The number of benzene rings is 1. The molecule has 10 rings (SSSR count). The molecule has 0 spiro atoms. The Morgan fingerprint density at radius 3 is 2.71 bits per heavy atom. The Hall–Kier alpha value is -4.53. The number of pyridine rings is 1. The Kier molecular flexibility index (Phi) is 15.4. The van der Waals surface area contributed by atoms with E-state index in [-0.39, 0.29) is 43.4 Å². The van der Waals surface area contributed by atoms with Crippen LogP contribution in [0.4, 0.5) is 4.79 Å². The predicted molar refractivity (Wildman–Crippen MR) is 273 cm³/mol. The minimum atomic E-state index is -1.15. The van der Waals surface area contributed by atoms with Gasteiger partial charge < -0.3 is 43.2 Å². The van der Waals surface area contributed by atoms with Gasteiger partial charge in [-0.05, 0) is 108 Å². The van der Waals surface area contributed by atoms with Crippen LogP contribution in [-0.4, -0.2) is 157 Å². The summed E-state index contributed by atoms with van der Waals surface area (Å²) in [7, 11) is 1.73. The molecule has 390 valence electrons. The molecule has 9 heterocycles. The predicted octanol–water partition coefficient (Wildman–Crippen LogP) is 7.04. The van der Waals surface area contributed by atoms with Gasteiger partial charge in [-0.25, -0.2) is 15.2 Å². The molecule has 3 aromatic heterocycles. The minimum Gasteiger partial charge on any atom is -0.464 e. The van der Waals surface area contributed by atoms with Crippen molar-refractivity contribution in [2.45, 2.75) is 135 Å². The molecular weight excluding hydrogens is 937 g/mol. The second kappa shape index (κ2) is 21.7. The van der Waals surface area contributed by atoms with E-state index in [2.05, 4.69) is 85.3 Å². The average molecular weight is 1010 g/mol. The van der Waals surface area contributed by atoms with E-state index in [4.69, 9.17) is 38.4 Å². The zero-order chi connectivity index (χ0) is 50.3. The van der Waals surface area contributed by atoms with Crippen LogP contribution in [0.5, 0.6) is 0 Å². The van der Waals surface area contributed by atoms with Gasteiger partial charge in [0.25, 0.3) is 5.91 Å². The van der Waals surface area contributed by atoms with Crippen molar-refractivity contribution in [3.63, 3.8) is 0 Å². The van der Waals surface area contributed by atoms with E-state index < -0.39 is 35.5 Å². The summed E-state index contributed by atoms with van der Waals surface area (Å²) < 4.78 is 39.2. The lowest BCUT2D eigenvalue weighted by molar-refractivity contribution is -0.156. The summed E-state index contributed by atoms with van der Waals surface area (Å²) in [4.78, 5) is 58.2. The van der Waals surface area contributed by atoms with Crippen molar-refractivity contribution < 1.29 is 42.8 Å². The molecule has 6 aliphatic heterocycles. The quantitative estimate of drug-likeness (QED) is 0.147. The van der Waals surface area contributed by atoms with Gasteiger partial charge in [0.05, 0.1) is 62.3 Å². The Labute approximate surface area is 427 Å². The molecule has 18 heteroatoms. The summed E-state index contributed by atoms with van der Waals surface area (Å²) in [5.74, 6) is -0.254. The summed E-state index contributed by atoms with van der Waals surface area (Å²) in [5.41, 5.74) is 10.5. The number of cyclic esters (lactones) is 1. The molecule has 6 aliphatic rings. The van der Waals surface area contributed by atoms with E-state index in [1.54, 1.807) is 12.0 Å². The molecule has 3 amide bonds. The number of aromatic nitrogens is 3. The number of hydrogen-bond donors (Lipinski definition) is 2. The second-order valence-electron chi connectivity index (χ2n) is 21.7. The number of likely N-dealkylation sites (tertiary alicyclic amines) is 1. The van der Waals surface area contributed by atoms with Crippen LogP contribution in [0.25, 0.3) is 33.4 Å². The maximum atomic E-state index is 14.9. The number of nitrogens with one attached hydrogen (secondary N) is 2. The number of esters is 1. The molecule has 6 bridgehead atoms. The van der Waals surface area contributed by atoms with Crippen LogP contribution in [0.15, 0.2) is 35.8 Å². The summed E-state index contributed by atoms with van der Waals surface area (Å²) in [5, 5.41) is 8.19. The number of ether oxygens (including phenoxy) is 6. The van der Waals surface area contributed by atoms with Crippen molar-refractivity contribution in [2.75, 3.05) is 79.5 Å². The molecule has 0 saturated carbocycles. The topological polar surface area (TPSA) is 171 Å². The summed E-state index contributed by atoms with van der Waals surface area (Å²) in [6, 6.07) is 7.05. The second-order valence-corrected chi connectivity index (χ2v) is 22.6. The van der Waals surface area contributed by atoms with E-state index in [0.29, 0.717) is 75.7 Å². The number of fused-ring (bicyclic) bond motifs is 8. The number of hydrazine groups is 1. The normalized spacial score (nSPS) is 27.4. The highest BCUT2D eigenvalue weighted by Gasteiger charge is 2.47. The molecule has 1 aromatic carbocycles. The van der Waals surface area contributed by atoms with Gasteiger partial charge in [0.1, 0.15) is 23.2 Å². The SMILES string of the molecule is CCO[C@@H]1c2nc(cs2)-c2ccc3c(c2)c(c(-c2cc([C@@H]4CCN5CCOC[C@@H]5C4)cnc2[C@H](C)OC)n3CCOC(C)C)CC(C)(C)COC(=O)[C@@H]2CCCN(N2)C(=O)[C@H]1NC(=O)N1C[C@@H]2COCC[C@@H]21. The fourth-order valence-electron chi connectivity index (χ4n) is 11.9. The molecule has 5 saturated heterocycles. The zero-order valence-corrected chi connectivity index (χ0v) is 44.0. The number of hydrogen-bond acceptors (Lipinski definition) is 14. The summed E-state index contributed by atoms with van der Waals surface area (Å²) in [6.45, 7) is 19.4. The smallest absolute Gasteiger partial charge is 0.324 e. The number of nitrogens with zero attached hydrogens (tertiary/aromatic N) is 6. The third-order valence-corrected chi connectivity index (χ3v) is 16.7. The van der Waals surface area contributed by atoms with E-state index >= 15 is 0 Å².